The monoisotopic (exact) mass is 215 g/mol. The van der Waals surface area contributed by atoms with Crippen LogP contribution in [0.15, 0.2) is 18.2 Å². The van der Waals surface area contributed by atoms with Crippen molar-refractivity contribution in [3.8, 4) is 6.07 Å². The van der Waals surface area contributed by atoms with E-state index in [9.17, 15) is 8.42 Å². The van der Waals surface area contributed by atoms with Crippen molar-refractivity contribution in [1.82, 2.24) is 0 Å². The highest BCUT2D eigenvalue weighted by molar-refractivity contribution is 7.71. The number of nitrogens with zero attached hydrogens (tertiary/aromatic N) is 1. The maximum atomic E-state index is 10.4. The Morgan fingerprint density at radius 2 is 2.15 bits per heavy atom. The number of halogens is 1. The maximum absolute atomic E-state index is 10.4. The van der Waals surface area contributed by atoms with Gasteiger partial charge in [-0.2, -0.15) is 5.26 Å². The molecule has 0 spiro atoms. The first-order valence-corrected chi connectivity index (χ1v) is 5.18. The van der Waals surface area contributed by atoms with Gasteiger partial charge in [-0.1, -0.05) is 17.7 Å². The molecular weight excluding hydrogens is 210 g/mol. The Hall–Kier alpha value is -1.05. The van der Waals surface area contributed by atoms with Crippen LogP contribution in [0, 0.1) is 11.3 Å². The van der Waals surface area contributed by atoms with Gasteiger partial charge in [-0.05, 0) is 17.7 Å². The summed E-state index contributed by atoms with van der Waals surface area (Å²) in [5.41, 5.74) is 0.882. The Kier molecular flexibility index (Phi) is 3.29. The smallest absolute Gasteiger partial charge is 0.144 e. The molecule has 0 N–H and O–H groups in total. The van der Waals surface area contributed by atoms with Crippen LogP contribution in [-0.4, -0.2) is 8.42 Å². The van der Waals surface area contributed by atoms with Gasteiger partial charge in [0.05, 0.1) is 16.3 Å². The summed E-state index contributed by atoms with van der Waals surface area (Å²) in [6.45, 7) is 0. The average Bonchev–Trinajstić information content (AvgIpc) is 2.07. The minimum atomic E-state index is -2.46. The molecule has 1 aromatic carbocycles. The van der Waals surface area contributed by atoms with Gasteiger partial charge in [-0.15, -0.1) is 0 Å². The molecule has 3 nitrogen and oxygen atoms in total. The average molecular weight is 216 g/mol. The zero-order chi connectivity index (χ0) is 9.84. The summed E-state index contributed by atoms with van der Waals surface area (Å²) in [5.74, 6) is -0.0544. The van der Waals surface area contributed by atoms with Crippen molar-refractivity contribution in [1.29, 1.82) is 5.26 Å². The first-order valence-electron chi connectivity index (χ1n) is 3.44. The molecule has 0 heterocycles. The summed E-state index contributed by atoms with van der Waals surface area (Å²) in [7, 11) is -2.46. The van der Waals surface area contributed by atoms with E-state index in [1.54, 1.807) is 6.07 Å². The molecule has 0 atom stereocenters. The molecule has 5 heteroatoms. The summed E-state index contributed by atoms with van der Waals surface area (Å²) in [6.07, 6.45) is 0. The Morgan fingerprint density at radius 3 is 2.69 bits per heavy atom. The van der Waals surface area contributed by atoms with Gasteiger partial charge < -0.3 is 0 Å². The Labute approximate surface area is 82.5 Å². The van der Waals surface area contributed by atoms with Crippen LogP contribution in [0.2, 0.25) is 5.02 Å². The Bertz CT molecular complexity index is 426. The molecule has 0 aliphatic heterocycles. The van der Waals surface area contributed by atoms with Crippen LogP contribution in [0.1, 0.15) is 11.1 Å². The summed E-state index contributed by atoms with van der Waals surface area (Å²) in [5, 5.41) is 8.93. The summed E-state index contributed by atoms with van der Waals surface area (Å²) in [4.78, 5) is 0. The van der Waals surface area contributed by atoms with Gasteiger partial charge in [0.25, 0.3) is 0 Å². The van der Waals surface area contributed by atoms with Crippen LogP contribution >= 0.6 is 11.6 Å². The lowest BCUT2D eigenvalue weighted by atomic mass is 10.1. The van der Waals surface area contributed by atoms with E-state index in [-0.39, 0.29) is 5.75 Å². The largest absolute Gasteiger partial charge is 0.232 e. The lowest BCUT2D eigenvalue weighted by Crippen LogP contribution is -1.88. The highest BCUT2D eigenvalue weighted by atomic mass is 35.5. The highest BCUT2D eigenvalue weighted by Gasteiger charge is 2.01. The van der Waals surface area contributed by atoms with E-state index in [4.69, 9.17) is 16.9 Å². The first-order chi connectivity index (χ1) is 6.13. The fourth-order valence-electron chi connectivity index (χ4n) is 0.906. The van der Waals surface area contributed by atoms with Crippen LogP contribution in [-0.2, 0) is 16.5 Å². The molecule has 1 aromatic rings. The fraction of sp³-hybridized carbons (Fsp3) is 0.125. The van der Waals surface area contributed by atoms with Crippen LogP contribution in [0.4, 0.5) is 0 Å². The van der Waals surface area contributed by atoms with Gasteiger partial charge >= 0.3 is 0 Å². The molecule has 68 valence electrons. The highest BCUT2D eigenvalue weighted by Crippen LogP contribution is 2.16. The van der Waals surface area contributed by atoms with Crippen molar-refractivity contribution in [2.24, 2.45) is 0 Å². The van der Waals surface area contributed by atoms with Gasteiger partial charge in [-0.25, -0.2) is 8.42 Å². The molecule has 0 radical (unpaired) electrons. The van der Waals surface area contributed by atoms with Crippen molar-refractivity contribution in [2.45, 2.75) is 5.75 Å². The topological polar surface area (TPSA) is 57.9 Å². The Balaban J connectivity index is 3.08. The number of nitriles is 1. The second-order valence-corrected chi connectivity index (χ2v) is 3.81. The molecule has 1 rings (SSSR count). The van der Waals surface area contributed by atoms with Gasteiger partial charge in [0.1, 0.15) is 16.8 Å². The third kappa shape index (κ3) is 2.72. The van der Waals surface area contributed by atoms with E-state index in [1.807, 2.05) is 6.07 Å². The van der Waals surface area contributed by atoms with Gasteiger partial charge in [0.2, 0.25) is 0 Å². The molecule has 0 fully saturated rings. The molecule has 0 bridgehead atoms. The minimum Gasteiger partial charge on any atom is -0.232 e. The summed E-state index contributed by atoms with van der Waals surface area (Å²) in [6, 6.07) is 6.47. The predicted molar refractivity (Wildman–Crippen MR) is 50.2 cm³/mol. The predicted octanol–water partition coefficient (Wildman–Crippen LogP) is 1.32. The van der Waals surface area contributed by atoms with Crippen molar-refractivity contribution >= 4 is 22.3 Å². The van der Waals surface area contributed by atoms with E-state index in [1.165, 1.54) is 12.1 Å². The number of thiol groups is 1. The standard InChI is InChI=1S/C8H6ClNO2S/c9-8-2-1-6(5-13(11)12)3-7(8)4-10/h1-3,13H,5H2. The molecule has 0 aliphatic rings. The van der Waals surface area contributed by atoms with Crippen molar-refractivity contribution in [2.75, 3.05) is 0 Å². The molecule has 0 unspecified atom stereocenters. The van der Waals surface area contributed by atoms with Crippen LogP contribution in [0.5, 0.6) is 0 Å². The van der Waals surface area contributed by atoms with Gasteiger partial charge in [0.15, 0.2) is 0 Å². The van der Waals surface area contributed by atoms with E-state index in [0.717, 1.165) is 0 Å². The van der Waals surface area contributed by atoms with Gasteiger partial charge in [-0.3, -0.25) is 0 Å². The molecule has 0 amide bonds. The number of hydrogen-bond donors (Lipinski definition) is 1. The number of rotatable bonds is 2. The van der Waals surface area contributed by atoms with Crippen molar-refractivity contribution in [3.05, 3.63) is 34.3 Å². The minimum absolute atomic E-state index is 0.0544. The quantitative estimate of drug-likeness (QED) is 0.758. The molecular formula is C8H6ClNO2S. The van der Waals surface area contributed by atoms with Crippen molar-refractivity contribution < 1.29 is 8.42 Å². The third-order valence-electron chi connectivity index (χ3n) is 1.46. The third-order valence-corrected chi connectivity index (χ3v) is 2.42. The summed E-state index contributed by atoms with van der Waals surface area (Å²) < 4.78 is 20.7. The number of benzene rings is 1. The van der Waals surface area contributed by atoms with E-state index >= 15 is 0 Å². The first kappa shape index (κ1) is 10.0. The lowest BCUT2D eigenvalue weighted by molar-refractivity contribution is 0.614. The molecule has 0 aromatic heterocycles. The molecule has 0 saturated carbocycles. The molecule has 13 heavy (non-hydrogen) atoms. The van der Waals surface area contributed by atoms with E-state index < -0.39 is 10.7 Å². The van der Waals surface area contributed by atoms with Crippen LogP contribution in [0.25, 0.3) is 0 Å². The zero-order valence-corrected chi connectivity index (χ0v) is 8.18. The van der Waals surface area contributed by atoms with E-state index in [0.29, 0.717) is 16.1 Å². The second kappa shape index (κ2) is 4.26. The normalized spacial score (nSPS) is 9.92. The second-order valence-electron chi connectivity index (χ2n) is 2.42. The van der Waals surface area contributed by atoms with Crippen LogP contribution in [0.3, 0.4) is 0 Å². The fourth-order valence-corrected chi connectivity index (χ4v) is 1.56. The number of hydrogen-bond acceptors (Lipinski definition) is 3. The summed E-state index contributed by atoms with van der Waals surface area (Å²) >= 11 is 5.66. The van der Waals surface area contributed by atoms with E-state index in [2.05, 4.69) is 0 Å². The lowest BCUT2D eigenvalue weighted by Gasteiger charge is -1.97. The van der Waals surface area contributed by atoms with Crippen molar-refractivity contribution in [3.63, 3.8) is 0 Å². The Morgan fingerprint density at radius 1 is 1.46 bits per heavy atom. The van der Waals surface area contributed by atoms with Gasteiger partial charge in [0, 0.05) is 0 Å². The maximum Gasteiger partial charge on any atom is 0.144 e. The zero-order valence-electron chi connectivity index (χ0n) is 6.53. The van der Waals surface area contributed by atoms with Crippen LogP contribution < -0.4 is 0 Å². The molecule has 0 aliphatic carbocycles. The molecule has 0 saturated heterocycles. The SMILES string of the molecule is N#Cc1cc(C[SH](=O)=O)ccc1Cl.